The number of rotatable bonds is 21. The summed E-state index contributed by atoms with van der Waals surface area (Å²) in [6.45, 7) is 65.1. The van der Waals surface area contributed by atoms with Crippen LogP contribution in [0.5, 0.6) is 0 Å². The Morgan fingerprint density at radius 2 is 0.319 bits per heavy atom. The fraction of sp³-hybridized carbons (Fsp3) is 0.273. The van der Waals surface area contributed by atoms with Gasteiger partial charge in [0, 0.05) is 102 Å². The first-order valence-electron chi connectivity index (χ1n) is 53.7. The van der Waals surface area contributed by atoms with Gasteiger partial charge in [-0.2, -0.15) is 0 Å². The number of anilines is 18. The average molecular weight is 1930 g/mol. The molecule has 0 aromatic heterocycles. The molecule has 16 aromatic carbocycles. The van der Waals surface area contributed by atoms with Gasteiger partial charge in [0.2, 0.25) is 0 Å². The van der Waals surface area contributed by atoms with Crippen LogP contribution in [0.2, 0.25) is 49.9 Å². The van der Waals surface area contributed by atoms with E-state index in [9.17, 15) is 0 Å². The molecule has 0 saturated heterocycles. The highest BCUT2D eigenvalue weighted by molar-refractivity contribution is 7.02. The number of benzene rings is 16. The molecule has 0 bridgehead atoms. The van der Waals surface area contributed by atoms with E-state index in [1.807, 2.05) is 0 Å². The highest BCUT2D eigenvalue weighted by atomic mass is 28.3. The first-order chi connectivity index (χ1) is 69.0. The third kappa shape index (κ3) is 14.9. The molecule has 6 nitrogen and oxygen atoms in total. The van der Waals surface area contributed by atoms with Crippen LogP contribution in [0.4, 0.5) is 102 Å². The van der Waals surface area contributed by atoms with Gasteiger partial charge in [-0.05, 0) is 375 Å². The van der Waals surface area contributed by atoms with Crippen molar-refractivity contribution in [3.05, 3.63) is 359 Å². The van der Waals surface area contributed by atoms with Crippen LogP contribution >= 0.6 is 0 Å². The summed E-state index contributed by atoms with van der Waals surface area (Å²) in [6, 6.07) is 125. The Kier molecular flexibility index (Phi) is 24.1. The first kappa shape index (κ1) is 96.0. The lowest BCUT2D eigenvalue weighted by Gasteiger charge is -2.45. The molecule has 144 heavy (non-hydrogen) atoms. The summed E-state index contributed by atoms with van der Waals surface area (Å²) in [5.74, 6) is 0. The van der Waals surface area contributed by atoms with E-state index >= 15 is 0 Å². The number of hydrogen-bond donors (Lipinski definition) is 0. The summed E-state index contributed by atoms with van der Waals surface area (Å²) in [7, 11) is -6.19. The van der Waals surface area contributed by atoms with Crippen LogP contribution in [-0.4, -0.2) is 44.4 Å². The Morgan fingerprint density at radius 1 is 0.153 bits per heavy atom. The third-order valence-corrected chi connectivity index (χ3v) is 56.6. The average Bonchev–Trinajstić information content (AvgIpc) is 0.699. The van der Waals surface area contributed by atoms with Crippen LogP contribution in [0.25, 0.3) is 33.4 Å². The monoisotopic (exact) mass is 1930 g/mol. The van der Waals surface area contributed by atoms with Crippen molar-refractivity contribution in [2.24, 2.45) is 0 Å². The maximum Gasteiger partial charge on any atom is 0.252 e. The van der Waals surface area contributed by atoms with E-state index in [1.165, 1.54) is 201 Å². The van der Waals surface area contributed by atoms with Crippen molar-refractivity contribution in [2.75, 3.05) is 29.4 Å². The zero-order chi connectivity index (χ0) is 101. The molecule has 0 radical (unpaired) electrons. The molecule has 720 valence electrons. The molecule has 0 saturated carbocycles. The van der Waals surface area contributed by atoms with Gasteiger partial charge in [-0.1, -0.05) is 319 Å². The van der Waals surface area contributed by atoms with Gasteiger partial charge in [0.15, 0.2) is 0 Å². The molecule has 6 aliphatic heterocycles. The second kappa shape index (κ2) is 36.1. The van der Waals surface area contributed by atoms with Crippen molar-refractivity contribution in [3.63, 3.8) is 0 Å². The van der Waals surface area contributed by atoms with Crippen molar-refractivity contribution < 1.29 is 0 Å². The predicted molar refractivity (Wildman–Crippen MR) is 639 cm³/mol. The van der Waals surface area contributed by atoms with Gasteiger partial charge in [0.1, 0.15) is 0 Å². The lowest BCUT2D eigenvalue weighted by molar-refractivity contribution is 0.835. The quantitative estimate of drug-likeness (QED) is 0.0663. The largest absolute Gasteiger partial charge is 0.311 e. The van der Waals surface area contributed by atoms with Crippen LogP contribution in [0, 0.1) is 62.3 Å². The van der Waals surface area contributed by atoms with Gasteiger partial charge in [0.25, 0.3) is 20.1 Å². The van der Waals surface area contributed by atoms with Crippen molar-refractivity contribution in [3.8, 4) is 33.4 Å². The van der Waals surface area contributed by atoms with Crippen molar-refractivity contribution in [2.45, 2.75) is 237 Å². The maximum atomic E-state index is 2.65. The summed E-state index contributed by atoms with van der Waals surface area (Å²) in [5, 5.41) is 4.63. The van der Waals surface area contributed by atoms with E-state index in [1.54, 1.807) is 15.6 Å². The molecule has 22 rings (SSSR count). The normalized spacial score (nSPS) is 14.0. The van der Waals surface area contributed by atoms with Gasteiger partial charge in [0.05, 0.1) is 24.2 Å². The molecule has 0 amide bonds. The van der Waals surface area contributed by atoms with E-state index in [0.29, 0.717) is 49.9 Å². The summed E-state index contributed by atoms with van der Waals surface area (Å²) < 4.78 is 0. The van der Waals surface area contributed by atoms with Gasteiger partial charge < -0.3 is 29.4 Å². The minimum atomic E-state index is -2.06. The van der Waals surface area contributed by atoms with Gasteiger partial charge in [-0.25, -0.2) is 0 Å². The second-order valence-electron chi connectivity index (χ2n) is 46.6. The standard InChI is InChI=1S/C132H141B3N6Si3/c1-79(2)142(80(3)4,81(5)6)109-52-46-106(47-53-109)139-121-61-37-97(76-115(121)133-112-64-91(22)34-58-118(112)136(103-40-28-88(19)29-41-103)124-67-94(25)70-127(139)130(124)133)100-73-101(98-38-62-122-116(77-98)134-113-65-92(23)35-59-119(113)137(104-42-30-89(20)31-43-104)125-68-95(26)71-128(131(125)134)140(122)107-48-54-110(55-49-107)143(82(7)8,83(9)10)84(11)12)75-102(74-100)99-39-63-123-117(78-99)135-114-66-93(24)36-60-120(114)138(105-44-32-90(21)33-45-105)126-69-96(27)72-129(132(126)135)141(123)108-50-56-111(57-51-108)144(85(13)14,86(15)16)87(17)18/h28-87H,1-27H3. The second-order valence-corrected chi connectivity index (χ2v) is 64.3. The zero-order valence-corrected chi connectivity index (χ0v) is 93.1. The van der Waals surface area contributed by atoms with Crippen LogP contribution in [0.3, 0.4) is 0 Å². The molecule has 0 N–H and O–H groups in total. The molecule has 6 aliphatic rings. The molecular weight excluding hydrogens is 1790 g/mol. The highest BCUT2D eigenvalue weighted by Gasteiger charge is 2.52. The van der Waals surface area contributed by atoms with Crippen molar-refractivity contribution >= 4 is 211 Å². The minimum absolute atomic E-state index is 0.126. The molecule has 0 aliphatic carbocycles. The zero-order valence-electron chi connectivity index (χ0n) is 90.1. The van der Waals surface area contributed by atoms with Crippen LogP contribution in [0.1, 0.15) is 175 Å². The van der Waals surface area contributed by atoms with E-state index in [2.05, 4.69) is 526 Å². The summed E-state index contributed by atoms with van der Waals surface area (Å²) >= 11 is 0. The Labute approximate surface area is 864 Å². The summed E-state index contributed by atoms with van der Waals surface area (Å²) in [5.41, 5.74) is 56.6. The van der Waals surface area contributed by atoms with Crippen LogP contribution in [0.15, 0.2) is 309 Å². The molecule has 0 spiro atoms. The van der Waals surface area contributed by atoms with Crippen LogP contribution in [-0.2, 0) is 0 Å². The first-order valence-corrected chi connectivity index (χ1v) is 60.4. The number of aryl methyl sites for hydroxylation is 9. The third-order valence-electron chi connectivity index (χ3n) is 35.4. The number of hydrogen-bond acceptors (Lipinski definition) is 6. The Balaban J connectivity index is 0.812. The van der Waals surface area contributed by atoms with Crippen molar-refractivity contribution in [1.82, 2.24) is 0 Å². The fourth-order valence-corrected chi connectivity index (χ4v) is 50.1. The SMILES string of the molecule is Cc1ccc(N2c3ccc(C)cc3B3c4cc(-c5cc(-c6ccc7c(c6)B6c8cc(C)ccc8N(c8ccc(C)cc8)c8cc(C)cc(c86)N7c6ccc([Si](C(C)C)(C(C)C)C(C)C)cc6)cc(-c6ccc7c(c6)B6c8cc(C)ccc8N(c8ccc(C)cc8)c8cc(C)cc(c86)N7c6ccc([Si](C(C)C)(C(C)C)C(C)C)cc6)c5)ccc4N(c4ccc([Si](C(C)C)(C(C)C)C(C)C)cc4)c4cc(C)cc2c43)cc1. The number of fused-ring (bicyclic) bond motifs is 12. The van der Waals surface area contributed by atoms with Crippen molar-refractivity contribution in [1.29, 1.82) is 0 Å². The Morgan fingerprint density at radius 3 is 0.507 bits per heavy atom. The van der Waals surface area contributed by atoms with E-state index in [-0.39, 0.29) is 20.1 Å². The molecular formula is C132H141B3N6Si3. The predicted octanol–water partition coefficient (Wildman–Crippen LogP) is 30.4. The topological polar surface area (TPSA) is 19.4 Å². The smallest absolute Gasteiger partial charge is 0.252 e. The lowest BCUT2D eigenvalue weighted by atomic mass is 9.33. The Hall–Kier alpha value is -12.8. The summed E-state index contributed by atoms with van der Waals surface area (Å²) in [4.78, 5) is 15.7. The lowest BCUT2D eigenvalue weighted by Crippen LogP contribution is -2.61. The van der Waals surface area contributed by atoms with E-state index in [0.717, 1.165) is 33.8 Å². The van der Waals surface area contributed by atoms with Gasteiger partial charge in [-0.3, -0.25) is 0 Å². The fourth-order valence-electron chi connectivity index (χ4n) is 29.9. The Bertz CT molecular complexity index is 6980. The minimum Gasteiger partial charge on any atom is -0.311 e. The highest BCUT2D eigenvalue weighted by Crippen LogP contribution is 2.54. The van der Waals surface area contributed by atoms with Gasteiger partial charge in [-0.15, -0.1) is 0 Å². The van der Waals surface area contributed by atoms with E-state index in [4.69, 9.17) is 0 Å². The van der Waals surface area contributed by atoms with E-state index < -0.39 is 24.2 Å². The summed E-state index contributed by atoms with van der Waals surface area (Å²) in [6.07, 6.45) is 0. The molecule has 6 heterocycles. The van der Waals surface area contributed by atoms with Crippen LogP contribution < -0.4 is 94.1 Å². The molecule has 16 aromatic rings. The molecule has 12 heteroatoms. The molecule has 0 unspecified atom stereocenters. The molecule has 0 atom stereocenters. The molecule has 0 fully saturated rings. The number of nitrogens with zero attached hydrogens (tertiary/aromatic N) is 6. The maximum absolute atomic E-state index is 2.65. The van der Waals surface area contributed by atoms with Gasteiger partial charge >= 0.3 is 0 Å².